The van der Waals surface area contributed by atoms with Gasteiger partial charge in [0.2, 0.25) is 0 Å². The Morgan fingerprint density at radius 2 is 1.36 bits per heavy atom. The Hall–Kier alpha value is -1.59. The van der Waals surface area contributed by atoms with Gasteiger partial charge in [-0.1, -0.05) is 39.5 Å². The first-order valence-electron chi connectivity index (χ1n) is 9.57. The highest BCUT2D eigenvalue weighted by Gasteiger charge is 2.43. The Morgan fingerprint density at radius 3 is 1.84 bits per heavy atom. The second-order valence-electron chi connectivity index (χ2n) is 6.81. The summed E-state index contributed by atoms with van der Waals surface area (Å²) in [5.41, 5.74) is 0. The van der Waals surface area contributed by atoms with Crippen LogP contribution in [0, 0.1) is 17.8 Å². The van der Waals surface area contributed by atoms with Gasteiger partial charge < -0.3 is 14.6 Å². The Balaban J connectivity index is 2.63. The van der Waals surface area contributed by atoms with Crippen LogP contribution in [-0.2, 0) is 23.9 Å². The highest BCUT2D eigenvalue weighted by molar-refractivity contribution is 5.83. The van der Waals surface area contributed by atoms with Gasteiger partial charge in [-0.05, 0) is 32.1 Å². The zero-order chi connectivity index (χ0) is 18.7. The molecule has 1 saturated carbocycles. The molecule has 6 heteroatoms. The fourth-order valence-electron chi connectivity index (χ4n) is 3.20. The van der Waals surface area contributed by atoms with E-state index in [-0.39, 0.29) is 6.42 Å². The molecule has 0 bridgehead atoms. The molecule has 25 heavy (non-hydrogen) atoms. The lowest BCUT2D eigenvalue weighted by atomic mass is 9.74. The number of esters is 2. The van der Waals surface area contributed by atoms with Crippen LogP contribution in [0.4, 0.5) is 0 Å². The fourth-order valence-corrected chi connectivity index (χ4v) is 3.20. The zero-order valence-corrected chi connectivity index (χ0v) is 15.5. The largest absolute Gasteiger partial charge is 0.481 e. The highest BCUT2D eigenvalue weighted by atomic mass is 16.5. The van der Waals surface area contributed by atoms with E-state index in [2.05, 4.69) is 13.8 Å². The molecule has 6 nitrogen and oxygen atoms in total. The van der Waals surface area contributed by atoms with E-state index in [1.807, 2.05) is 0 Å². The lowest BCUT2D eigenvalue weighted by Gasteiger charge is -2.31. The van der Waals surface area contributed by atoms with Crippen molar-refractivity contribution in [3.8, 4) is 0 Å². The van der Waals surface area contributed by atoms with Crippen molar-refractivity contribution >= 4 is 17.9 Å². The summed E-state index contributed by atoms with van der Waals surface area (Å²) in [4.78, 5) is 36.0. The molecular weight excluding hydrogens is 324 g/mol. The van der Waals surface area contributed by atoms with Crippen molar-refractivity contribution in [3.05, 3.63) is 0 Å². The maximum Gasteiger partial charge on any atom is 0.309 e. The van der Waals surface area contributed by atoms with E-state index < -0.39 is 35.7 Å². The van der Waals surface area contributed by atoms with Crippen molar-refractivity contribution in [2.24, 2.45) is 17.8 Å². The van der Waals surface area contributed by atoms with Crippen LogP contribution in [-0.4, -0.2) is 36.2 Å². The minimum atomic E-state index is -0.918. The van der Waals surface area contributed by atoms with Crippen LogP contribution in [0.15, 0.2) is 0 Å². The molecule has 1 N–H and O–H groups in total. The summed E-state index contributed by atoms with van der Waals surface area (Å²) in [5, 5.41) is 9.24. The van der Waals surface area contributed by atoms with E-state index in [1.54, 1.807) is 0 Å². The Labute approximate surface area is 150 Å². The monoisotopic (exact) mass is 356 g/mol. The van der Waals surface area contributed by atoms with Gasteiger partial charge in [0.05, 0.1) is 31.0 Å². The predicted octanol–water partition coefficient (Wildman–Crippen LogP) is 3.57. The minimum Gasteiger partial charge on any atom is -0.481 e. The molecular formula is C19H32O6. The molecule has 0 aliphatic heterocycles. The normalized spacial score (nSPS) is 23.0. The van der Waals surface area contributed by atoms with Crippen LogP contribution in [0.2, 0.25) is 0 Å². The fraction of sp³-hybridized carbons (Fsp3) is 0.842. The smallest absolute Gasteiger partial charge is 0.309 e. The van der Waals surface area contributed by atoms with Gasteiger partial charge in [-0.15, -0.1) is 0 Å². The zero-order valence-electron chi connectivity index (χ0n) is 15.5. The molecule has 1 fully saturated rings. The average molecular weight is 356 g/mol. The number of hydrogen-bond acceptors (Lipinski definition) is 5. The lowest BCUT2D eigenvalue weighted by molar-refractivity contribution is -0.166. The molecule has 0 aromatic carbocycles. The highest BCUT2D eigenvalue weighted by Crippen LogP contribution is 2.36. The molecule has 1 aliphatic rings. The summed E-state index contributed by atoms with van der Waals surface area (Å²) in [7, 11) is 0. The number of carboxylic acid groups (broad SMARTS) is 1. The van der Waals surface area contributed by atoms with Crippen LogP contribution >= 0.6 is 0 Å². The van der Waals surface area contributed by atoms with Gasteiger partial charge in [-0.2, -0.15) is 0 Å². The molecule has 0 amide bonds. The summed E-state index contributed by atoms with van der Waals surface area (Å²) in [6, 6.07) is 0. The number of carbonyl (C=O) groups excluding carboxylic acids is 2. The summed E-state index contributed by atoms with van der Waals surface area (Å²) < 4.78 is 10.6. The molecule has 0 aromatic heterocycles. The quantitative estimate of drug-likeness (QED) is 0.449. The summed E-state index contributed by atoms with van der Waals surface area (Å²) in [6.07, 6.45) is 6.50. The summed E-state index contributed by atoms with van der Waals surface area (Å²) in [6.45, 7) is 4.80. The standard InChI is InChI=1S/C19H32O6/c1-3-5-7-11-24-18(22)15-10-9-14(17(20)21)13-16(15)19(23)25-12-8-6-4-2/h14-16H,3-13H2,1-2H3,(H,20,21). The van der Waals surface area contributed by atoms with Gasteiger partial charge in [-0.3, -0.25) is 14.4 Å². The number of carbonyl (C=O) groups is 3. The van der Waals surface area contributed by atoms with Crippen molar-refractivity contribution in [1.29, 1.82) is 0 Å². The third-order valence-corrected chi connectivity index (χ3v) is 4.79. The Bertz CT molecular complexity index is 434. The van der Waals surface area contributed by atoms with E-state index in [0.29, 0.717) is 26.1 Å². The molecule has 0 heterocycles. The van der Waals surface area contributed by atoms with Gasteiger partial charge in [0.1, 0.15) is 0 Å². The Morgan fingerprint density at radius 1 is 0.840 bits per heavy atom. The van der Waals surface area contributed by atoms with Crippen LogP contribution in [0.5, 0.6) is 0 Å². The molecule has 0 saturated heterocycles. The van der Waals surface area contributed by atoms with Gasteiger partial charge >= 0.3 is 17.9 Å². The average Bonchev–Trinajstić information content (AvgIpc) is 2.61. The SMILES string of the molecule is CCCCCOC(=O)C1CCC(C(=O)O)CC1C(=O)OCCCCC. The first kappa shape index (κ1) is 21.5. The second kappa shape index (κ2) is 11.9. The van der Waals surface area contributed by atoms with Crippen LogP contribution < -0.4 is 0 Å². The Kier molecular flexibility index (Phi) is 10.2. The summed E-state index contributed by atoms with van der Waals surface area (Å²) in [5.74, 6) is -3.67. The van der Waals surface area contributed by atoms with Gasteiger partial charge in [0.15, 0.2) is 0 Å². The van der Waals surface area contributed by atoms with Crippen molar-refractivity contribution in [2.45, 2.75) is 71.6 Å². The van der Waals surface area contributed by atoms with E-state index in [0.717, 1.165) is 38.5 Å². The summed E-state index contributed by atoms with van der Waals surface area (Å²) >= 11 is 0. The number of rotatable bonds is 11. The maximum atomic E-state index is 12.4. The topological polar surface area (TPSA) is 89.9 Å². The first-order chi connectivity index (χ1) is 12.0. The van der Waals surface area contributed by atoms with E-state index >= 15 is 0 Å². The molecule has 0 spiro atoms. The number of carboxylic acids is 1. The molecule has 3 atom stereocenters. The molecule has 0 aromatic rings. The van der Waals surface area contributed by atoms with E-state index in [1.165, 1.54) is 0 Å². The van der Waals surface area contributed by atoms with Crippen LogP contribution in [0.1, 0.15) is 71.6 Å². The van der Waals surface area contributed by atoms with Crippen molar-refractivity contribution in [3.63, 3.8) is 0 Å². The van der Waals surface area contributed by atoms with Gasteiger partial charge in [-0.25, -0.2) is 0 Å². The first-order valence-corrected chi connectivity index (χ1v) is 9.57. The number of aliphatic carboxylic acids is 1. The van der Waals surface area contributed by atoms with Crippen LogP contribution in [0.25, 0.3) is 0 Å². The van der Waals surface area contributed by atoms with Crippen molar-refractivity contribution in [1.82, 2.24) is 0 Å². The van der Waals surface area contributed by atoms with E-state index in [4.69, 9.17) is 9.47 Å². The number of hydrogen-bond donors (Lipinski definition) is 1. The maximum absolute atomic E-state index is 12.4. The molecule has 1 rings (SSSR count). The van der Waals surface area contributed by atoms with Crippen molar-refractivity contribution in [2.75, 3.05) is 13.2 Å². The van der Waals surface area contributed by atoms with E-state index in [9.17, 15) is 19.5 Å². The van der Waals surface area contributed by atoms with Gasteiger partial charge in [0.25, 0.3) is 0 Å². The predicted molar refractivity (Wildman–Crippen MR) is 92.9 cm³/mol. The second-order valence-corrected chi connectivity index (χ2v) is 6.81. The van der Waals surface area contributed by atoms with Crippen molar-refractivity contribution < 1.29 is 29.0 Å². The molecule has 1 aliphatic carbocycles. The number of unbranched alkanes of at least 4 members (excludes halogenated alkanes) is 4. The molecule has 144 valence electrons. The van der Waals surface area contributed by atoms with Crippen LogP contribution in [0.3, 0.4) is 0 Å². The third kappa shape index (κ3) is 7.45. The lowest BCUT2D eigenvalue weighted by Crippen LogP contribution is -2.39. The molecule has 0 radical (unpaired) electrons. The third-order valence-electron chi connectivity index (χ3n) is 4.79. The molecule has 3 unspecified atom stereocenters. The minimum absolute atomic E-state index is 0.149. The van der Waals surface area contributed by atoms with Gasteiger partial charge in [0, 0.05) is 0 Å². The number of ether oxygens (including phenoxy) is 2.